The summed E-state index contributed by atoms with van der Waals surface area (Å²) in [6.45, 7) is 0. The van der Waals surface area contributed by atoms with Crippen LogP contribution in [0.4, 0.5) is 0 Å². The number of hydrogen-bond donors (Lipinski definition) is 0. The minimum Gasteiger partial charge on any atom is -0.255 e. The number of pyridine rings is 1. The summed E-state index contributed by atoms with van der Waals surface area (Å²) >= 11 is 0. The molecule has 2 nitrogen and oxygen atoms in total. The Morgan fingerprint density at radius 1 is 1.42 bits per heavy atom. The van der Waals surface area contributed by atoms with Gasteiger partial charge in [0.25, 0.3) is 0 Å². The van der Waals surface area contributed by atoms with Gasteiger partial charge >= 0.3 is 0 Å². The molecule has 0 saturated carbocycles. The SMILES string of the molecule is N#Cc1[c]ccc2cccnc12. The van der Waals surface area contributed by atoms with Crippen molar-refractivity contribution in [2.24, 2.45) is 0 Å². The Morgan fingerprint density at radius 3 is 3.17 bits per heavy atom. The van der Waals surface area contributed by atoms with Gasteiger partial charge in [0.15, 0.2) is 0 Å². The van der Waals surface area contributed by atoms with Gasteiger partial charge in [-0.05, 0) is 6.07 Å². The van der Waals surface area contributed by atoms with Crippen molar-refractivity contribution >= 4 is 10.9 Å². The van der Waals surface area contributed by atoms with Gasteiger partial charge in [-0.15, -0.1) is 0 Å². The second-order valence-corrected chi connectivity index (χ2v) is 2.41. The molecule has 55 valence electrons. The topological polar surface area (TPSA) is 36.7 Å². The van der Waals surface area contributed by atoms with Crippen LogP contribution in [0.15, 0.2) is 30.5 Å². The van der Waals surface area contributed by atoms with E-state index < -0.39 is 0 Å². The van der Waals surface area contributed by atoms with E-state index >= 15 is 0 Å². The van der Waals surface area contributed by atoms with Crippen molar-refractivity contribution in [2.45, 2.75) is 0 Å². The number of nitrogens with zero attached hydrogens (tertiary/aromatic N) is 2. The highest BCUT2D eigenvalue weighted by molar-refractivity contribution is 5.83. The van der Waals surface area contributed by atoms with E-state index in [0.717, 1.165) is 10.9 Å². The monoisotopic (exact) mass is 153 g/mol. The quantitative estimate of drug-likeness (QED) is 0.579. The molecule has 0 aliphatic heterocycles. The maximum Gasteiger partial charge on any atom is 0.102 e. The van der Waals surface area contributed by atoms with Crippen LogP contribution in [0.3, 0.4) is 0 Å². The summed E-state index contributed by atoms with van der Waals surface area (Å²) in [4.78, 5) is 4.10. The van der Waals surface area contributed by atoms with E-state index in [1.807, 2.05) is 18.2 Å². The van der Waals surface area contributed by atoms with Crippen LogP contribution in [0.25, 0.3) is 10.9 Å². The van der Waals surface area contributed by atoms with E-state index in [9.17, 15) is 0 Å². The second kappa shape index (κ2) is 2.63. The Kier molecular flexibility index (Phi) is 1.49. The summed E-state index contributed by atoms with van der Waals surface area (Å²) in [5.41, 5.74) is 1.23. The second-order valence-electron chi connectivity index (χ2n) is 2.41. The van der Waals surface area contributed by atoms with Crippen molar-refractivity contribution < 1.29 is 0 Å². The first-order valence-electron chi connectivity index (χ1n) is 3.57. The van der Waals surface area contributed by atoms with Crippen LogP contribution in [0.5, 0.6) is 0 Å². The summed E-state index contributed by atoms with van der Waals surface area (Å²) in [6, 6.07) is 12.3. The zero-order chi connectivity index (χ0) is 8.39. The average molecular weight is 153 g/mol. The molecule has 1 aromatic carbocycles. The van der Waals surface area contributed by atoms with Crippen molar-refractivity contribution in [1.29, 1.82) is 5.26 Å². The number of benzene rings is 1. The Labute approximate surface area is 70.1 Å². The predicted octanol–water partition coefficient (Wildman–Crippen LogP) is 1.91. The van der Waals surface area contributed by atoms with E-state index in [0.29, 0.717) is 5.56 Å². The van der Waals surface area contributed by atoms with Crippen LogP contribution in [0.1, 0.15) is 5.56 Å². The Morgan fingerprint density at radius 2 is 2.33 bits per heavy atom. The lowest BCUT2D eigenvalue weighted by Crippen LogP contribution is -1.82. The molecule has 0 amide bonds. The van der Waals surface area contributed by atoms with Crippen LogP contribution in [-0.4, -0.2) is 4.98 Å². The number of aromatic nitrogens is 1. The third-order valence-corrected chi connectivity index (χ3v) is 1.68. The molecule has 0 N–H and O–H groups in total. The first-order valence-corrected chi connectivity index (χ1v) is 3.57. The molecule has 0 aliphatic carbocycles. The molecule has 2 aromatic rings. The van der Waals surface area contributed by atoms with E-state index in [4.69, 9.17) is 5.26 Å². The molecule has 1 aromatic heterocycles. The van der Waals surface area contributed by atoms with Crippen LogP contribution in [-0.2, 0) is 0 Å². The number of fused-ring (bicyclic) bond motifs is 1. The van der Waals surface area contributed by atoms with E-state index in [2.05, 4.69) is 17.1 Å². The normalized spacial score (nSPS) is 9.58. The molecular formula is C10H5N2. The molecule has 0 unspecified atom stereocenters. The van der Waals surface area contributed by atoms with Crippen LogP contribution in [0, 0.1) is 17.4 Å². The minimum atomic E-state index is 0.508. The van der Waals surface area contributed by atoms with Gasteiger partial charge in [-0.3, -0.25) is 4.98 Å². The van der Waals surface area contributed by atoms with Gasteiger partial charge in [-0.25, -0.2) is 0 Å². The Bertz CT molecular complexity index is 449. The lowest BCUT2D eigenvalue weighted by molar-refractivity contribution is 1.39. The third-order valence-electron chi connectivity index (χ3n) is 1.68. The average Bonchev–Trinajstić information content (AvgIpc) is 2.17. The van der Waals surface area contributed by atoms with Gasteiger partial charge in [0, 0.05) is 17.6 Å². The molecule has 0 saturated heterocycles. The smallest absolute Gasteiger partial charge is 0.102 e. The summed E-state index contributed by atoms with van der Waals surface area (Å²) in [5, 5.41) is 9.69. The van der Waals surface area contributed by atoms with E-state index in [1.165, 1.54) is 0 Å². The van der Waals surface area contributed by atoms with E-state index in [1.54, 1.807) is 12.3 Å². The molecule has 0 fully saturated rings. The summed E-state index contributed by atoms with van der Waals surface area (Å²) < 4.78 is 0. The van der Waals surface area contributed by atoms with Gasteiger partial charge in [0.05, 0.1) is 11.1 Å². The molecule has 1 radical (unpaired) electrons. The summed E-state index contributed by atoms with van der Waals surface area (Å²) in [7, 11) is 0. The van der Waals surface area contributed by atoms with Gasteiger partial charge in [0.1, 0.15) is 6.07 Å². The molecule has 0 spiro atoms. The standard InChI is InChI=1S/C10H5N2/c11-7-9-4-1-3-8-5-2-6-12-10(8)9/h1-3,5-6H. The fourth-order valence-corrected chi connectivity index (χ4v) is 1.13. The zero-order valence-electron chi connectivity index (χ0n) is 6.28. The fraction of sp³-hybridized carbons (Fsp3) is 0. The molecule has 1 heterocycles. The fourth-order valence-electron chi connectivity index (χ4n) is 1.13. The van der Waals surface area contributed by atoms with Crippen LogP contribution < -0.4 is 0 Å². The first-order chi connectivity index (χ1) is 5.92. The number of nitriles is 1. The van der Waals surface area contributed by atoms with E-state index in [-0.39, 0.29) is 0 Å². The largest absolute Gasteiger partial charge is 0.255 e. The van der Waals surface area contributed by atoms with Crippen LogP contribution in [0.2, 0.25) is 0 Å². The molecule has 0 atom stereocenters. The molecule has 0 bridgehead atoms. The van der Waals surface area contributed by atoms with Crippen LogP contribution >= 0.6 is 0 Å². The lowest BCUT2D eigenvalue weighted by Gasteiger charge is -1.95. The van der Waals surface area contributed by atoms with Crippen molar-refractivity contribution in [2.75, 3.05) is 0 Å². The number of rotatable bonds is 0. The highest BCUT2D eigenvalue weighted by atomic mass is 14.6. The molecule has 12 heavy (non-hydrogen) atoms. The highest BCUT2D eigenvalue weighted by Crippen LogP contribution is 2.13. The molecule has 0 aliphatic rings. The summed E-state index contributed by atoms with van der Waals surface area (Å²) in [6.07, 6.45) is 1.68. The Balaban J connectivity index is 2.91. The Hall–Kier alpha value is -1.88. The molecular weight excluding hydrogens is 148 g/mol. The first kappa shape index (κ1) is 6.81. The van der Waals surface area contributed by atoms with Crippen molar-refractivity contribution in [3.8, 4) is 6.07 Å². The molecule has 2 rings (SSSR count). The minimum absolute atomic E-state index is 0.508. The van der Waals surface area contributed by atoms with Gasteiger partial charge in [-0.2, -0.15) is 5.26 Å². The van der Waals surface area contributed by atoms with Gasteiger partial charge in [-0.1, -0.05) is 18.2 Å². The number of hydrogen-bond acceptors (Lipinski definition) is 2. The third kappa shape index (κ3) is 0.923. The zero-order valence-corrected chi connectivity index (χ0v) is 6.28. The van der Waals surface area contributed by atoms with Crippen molar-refractivity contribution in [3.05, 3.63) is 42.1 Å². The van der Waals surface area contributed by atoms with Crippen molar-refractivity contribution in [1.82, 2.24) is 4.98 Å². The van der Waals surface area contributed by atoms with Gasteiger partial charge < -0.3 is 0 Å². The molecule has 2 heteroatoms. The maximum absolute atomic E-state index is 8.71. The summed E-state index contributed by atoms with van der Waals surface area (Å²) in [5.74, 6) is 0. The maximum atomic E-state index is 8.71. The lowest BCUT2D eigenvalue weighted by atomic mass is 10.1. The highest BCUT2D eigenvalue weighted by Gasteiger charge is 1.98. The predicted molar refractivity (Wildman–Crippen MR) is 45.3 cm³/mol. The van der Waals surface area contributed by atoms with Crippen molar-refractivity contribution in [3.63, 3.8) is 0 Å². The van der Waals surface area contributed by atoms with Gasteiger partial charge in [0.2, 0.25) is 0 Å².